The molecule has 30 heavy (non-hydrogen) atoms. The minimum absolute atomic E-state index is 0. The fraction of sp³-hybridized carbons (Fsp3) is 0.333. The zero-order valence-electron chi connectivity index (χ0n) is 16.9. The van der Waals surface area contributed by atoms with Crippen molar-refractivity contribution in [1.82, 2.24) is 10.2 Å². The van der Waals surface area contributed by atoms with Gasteiger partial charge in [0.1, 0.15) is 5.75 Å². The number of methoxy groups -OCH3 is 2. The van der Waals surface area contributed by atoms with Crippen LogP contribution < -0.4 is 25.3 Å². The van der Waals surface area contributed by atoms with Gasteiger partial charge in [0.25, 0.3) is 11.8 Å². The molecule has 2 aromatic rings. The predicted octanol–water partition coefficient (Wildman–Crippen LogP) is 1.78. The molecule has 0 radical (unpaired) electrons. The zero-order valence-corrected chi connectivity index (χ0v) is 17.7. The second-order valence-corrected chi connectivity index (χ2v) is 6.58. The molecule has 0 aromatic heterocycles. The van der Waals surface area contributed by atoms with Gasteiger partial charge in [-0.25, -0.2) is 0 Å². The van der Waals surface area contributed by atoms with Crippen LogP contribution >= 0.6 is 12.4 Å². The van der Waals surface area contributed by atoms with Crippen molar-refractivity contribution in [2.45, 2.75) is 6.04 Å². The summed E-state index contributed by atoms with van der Waals surface area (Å²) in [6.45, 7) is 1.62. The van der Waals surface area contributed by atoms with E-state index in [0.717, 1.165) is 11.3 Å². The van der Waals surface area contributed by atoms with Crippen LogP contribution in [0.5, 0.6) is 17.2 Å². The van der Waals surface area contributed by atoms with Crippen LogP contribution in [0, 0.1) is 0 Å². The van der Waals surface area contributed by atoms with E-state index in [1.54, 1.807) is 25.3 Å². The maximum atomic E-state index is 13.3. The van der Waals surface area contributed by atoms with E-state index in [-0.39, 0.29) is 31.0 Å². The van der Waals surface area contributed by atoms with Crippen LogP contribution in [-0.2, 0) is 4.79 Å². The molecule has 3 rings (SSSR count). The zero-order chi connectivity index (χ0) is 20.8. The lowest BCUT2D eigenvalue weighted by atomic mass is 10.0. The molecule has 1 heterocycles. The number of hydrogen-bond acceptors (Lipinski definition) is 6. The Labute approximate surface area is 181 Å². The Morgan fingerprint density at radius 2 is 1.83 bits per heavy atom. The molecule has 1 aliphatic rings. The molecule has 1 aliphatic heterocycles. The first-order chi connectivity index (χ1) is 14.0. The first-order valence-corrected chi connectivity index (χ1v) is 9.29. The van der Waals surface area contributed by atoms with E-state index in [0.29, 0.717) is 36.7 Å². The molecule has 0 aliphatic carbocycles. The Balaban J connectivity index is 0.00000320. The van der Waals surface area contributed by atoms with Crippen LogP contribution in [0.4, 0.5) is 0 Å². The van der Waals surface area contributed by atoms with E-state index >= 15 is 0 Å². The molecule has 0 bridgehead atoms. The topological polar surface area (TPSA) is 103 Å². The van der Waals surface area contributed by atoms with E-state index in [9.17, 15) is 9.59 Å². The van der Waals surface area contributed by atoms with Gasteiger partial charge in [-0.2, -0.15) is 0 Å². The Kier molecular flexibility index (Phi) is 8.32. The number of piperazine rings is 1. The van der Waals surface area contributed by atoms with Gasteiger partial charge in [0.05, 0.1) is 20.3 Å². The number of primary amides is 1. The lowest BCUT2D eigenvalue weighted by Crippen LogP contribution is -2.48. The van der Waals surface area contributed by atoms with Crippen molar-refractivity contribution in [2.24, 2.45) is 5.73 Å². The van der Waals surface area contributed by atoms with Crippen LogP contribution in [-0.4, -0.2) is 57.2 Å². The van der Waals surface area contributed by atoms with Crippen LogP contribution in [0.15, 0.2) is 42.5 Å². The van der Waals surface area contributed by atoms with Crippen molar-refractivity contribution in [3.8, 4) is 17.2 Å². The minimum Gasteiger partial charge on any atom is -0.496 e. The number of nitrogens with one attached hydrogen (secondary N) is 1. The number of hydrogen-bond donors (Lipinski definition) is 2. The Morgan fingerprint density at radius 1 is 1.10 bits per heavy atom. The molecule has 8 nitrogen and oxygen atoms in total. The molecule has 2 amide bonds. The third kappa shape index (κ3) is 5.14. The van der Waals surface area contributed by atoms with Crippen LogP contribution in [0.1, 0.15) is 22.0 Å². The van der Waals surface area contributed by atoms with Gasteiger partial charge < -0.3 is 30.2 Å². The second kappa shape index (κ2) is 10.7. The van der Waals surface area contributed by atoms with Crippen LogP contribution in [0.2, 0.25) is 0 Å². The molecule has 2 aromatic carbocycles. The van der Waals surface area contributed by atoms with Crippen molar-refractivity contribution in [3.63, 3.8) is 0 Å². The third-order valence-corrected chi connectivity index (χ3v) is 4.78. The predicted molar refractivity (Wildman–Crippen MR) is 115 cm³/mol. The minimum atomic E-state index is -0.590. The number of rotatable bonds is 7. The van der Waals surface area contributed by atoms with Gasteiger partial charge in [0, 0.05) is 30.8 Å². The number of halogens is 1. The Hall–Kier alpha value is -2.97. The van der Waals surface area contributed by atoms with E-state index in [2.05, 4.69) is 5.32 Å². The Morgan fingerprint density at radius 3 is 2.53 bits per heavy atom. The highest BCUT2D eigenvalue weighted by molar-refractivity contribution is 5.95. The monoisotopic (exact) mass is 435 g/mol. The first-order valence-electron chi connectivity index (χ1n) is 9.29. The molecule has 1 unspecified atom stereocenters. The van der Waals surface area contributed by atoms with Gasteiger partial charge in [-0.05, 0) is 24.3 Å². The molecular formula is C21H26ClN3O5. The SMILES string of the molecule is COc1cc(C(=O)N2CCNCC2c2ccccc2OC)ccc1OCC(N)=O.Cl. The van der Waals surface area contributed by atoms with E-state index in [4.69, 9.17) is 19.9 Å². The summed E-state index contributed by atoms with van der Waals surface area (Å²) in [6.07, 6.45) is 0. The number of carbonyl (C=O) groups excluding carboxylic acids is 2. The fourth-order valence-corrected chi connectivity index (χ4v) is 3.40. The Bertz CT molecular complexity index is 893. The normalized spacial score (nSPS) is 15.7. The highest BCUT2D eigenvalue weighted by Gasteiger charge is 2.30. The number of nitrogens with two attached hydrogens (primary N) is 1. The summed E-state index contributed by atoms with van der Waals surface area (Å²) in [5, 5.41) is 3.34. The van der Waals surface area contributed by atoms with Gasteiger partial charge >= 0.3 is 0 Å². The quantitative estimate of drug-likeness (QED) is 0.687. The summed E-state index contributed by atoms with van der Waals surface area (Å²) in [4.78, 5) is 26.1. The third-order valence-electron chi connectivity index (χ3n) is 4.78. The molecule has 0 saturated carbocycles. The van der Waals surface area contributed by atoms with Crippen LogP contribution in [0.25, 0.3) is 0 Å². The largest absolute Gasteiger partial charge is 0.496 e. The maximum Gasteiger partial charge on any atom is 0.255 e. The number of nitrogens with zero attached hydrogens (tertiary/aromatic N) is 1. The summed E-state index contributed by atoms with van der Waals surface area (Å²) in [7, 11) is 3.10. The summed E-state index contributed by atoms with van der Waals surface area (Å²) < 4.78 is 16.2. The highest BCUT2D eigenvalue weighted by Crippen LogP contribution is 2.33. The molecule has 1 fully saturated rings. The van der Waals surface area contributed by atoms with Crippen LogP contribution in [0.3, 0.4) is 0 Å². The molecule has 1 atom stereocenters. The van der Waals surface area contributed by atoms with Crippen molar-refractivity contribution < 1.29 is 23.8 Å². The lowest BCUT2D eigenvalue weighted by molar-refractivity contribution is -0.119. The molecule has 1 saturated heterocycles. The fourth-order valence-electron chi connectivity index (χ4n) is 3.40. The standard InChI is InChI=1S/C21H25N3O5.ClH/c1-27-17-6-4-3-5-15(17)16-12-23-9-10-24(16)21(26)14-7-8-18(19(11-14)28-2)29-13-20(22)25;/h3-8,11,16,23H,9-10,12-13H2,1-2H3,(H2,22,25);1H. The van der Waals surface area contributed by atoms with Gasteiger partial charge in [-0.1, -0.05) is 18.2 Å². The first kappa shape index (κ1) is 23.3. The number of amides is 2. The number of para-hydroxylation sites is 1. The molecular weight excluding hydrogens is 410 g/mol. The van der Waals surface area contributed by atoms with Gasteiger partial charge in [0.2, 0.25) is 0 Å². The van der Waals surface area contributed by atoms with Crippen molar-refractivity contribution in [1.29, 1.82) is 0 Å². The van der Waals surface area contributed by atoms with Gasteiger partial charge in [-0.15, -0.1) is 12.4 Å². The van der Waals surface area contributed by atoms with Crippen molar-refractivity contribution in [2.75, 3.05) is 40.5 Å². The average molecular weight is 436 g/mol. The molecule has 9 heteroatoms. The average Bonchev–Trinajstić information content (AvgIpc) is 2.77. The van der Waals surface area contributed by atoms with E-state index in [1.165, 1.54) is 7.11 Å². The second-order valence-electron chi connectivity index (χ2n) is 6.58. The van der Waals surface area contributed by atoms with E-state index < -0.39 is 5.91 Å². The number of ether oxygens (including phenoxy) is 3. The summed E-state index contributed by atoms with van der Waals surface area (Å²) in [6, 6.07) is 12.4. The van der Waals surface area contributed by atoms with Gasteiger partial charge in [0.15, 0.2) is 18.1 Å². The lowest BCUT2D eigenvalue weighted by Gasteiger charge is -2.37. The van der Waals surface area contributed by atoms with Crippen molar-refractivity contribution >= 4 is 24.2 Å². The maximum absolute atomic E-state index is 13.3. The van der Waals surface area contributed by atoms with E-state index in [1.807, 2.05) is 29.2 Å². The van der Waals surface area contributed by atoms with Gasteiger partial charge in [-0.3, -0.25) is 9.59 Å². The molecule has 162 valence electrons. The highest BCUT2D eigenvalue weighted by atomic mass is 35.5. The smallest absolute Gasteiger partial charge is 0.255 e. The summed E-state index contributed by atoms with van der Waals surface area (Å²) >= 11 is 0. The number of carbonyl (C=O) groups is 2. The number of benzene rings is 2. The molecule has 3 N–H and O–H groups in total. The van der Waals surface area contributed by atoms with Crippen molar-refractivity contribution in [3.05, 3.63) is 53.6 Å². The summed E-state index contributed by atoms with van der Waals surface area (Å²) in [5.74, 6) is 0.743. The summed E-state index contributed by atoms with van der Waals surface area (Å²) in [5.41, 5.74) is 6.54. The molecule has 0 spiro atoms.